The van der Waals surface area contributed by atoms with Gasteiger partial charge in [-0.15, -0.1) is 0 Å². The lowest BCUT2D eigenvalue weighted by Gasteiger charge is -2.11. The van der Waals surface area contributed by atoms with Gasteiger partial charge in [-0.3, -0.25) is 4.79 Å². The molecule has 0 aliphatic rings. The zero-order chi connectivity index (χ0) is 18.1. The van der Waals surface area contributed by atoms with Crippen molar-refractivity contribution in [2.75, 3.05) is 27.4 Å². The van der Waals surface area contributed by atoms with Crippen molar-refractivity contribution >= 4 is 5.91 Å². The van der Waals surface area contributed by atoms with Crippen molar-refractivity contribution in [3.63, 3.8) is 0 Å². The molecule has 130 valence electrons. The van der Waals surface area contributed by atoms with Crippen LogP contribution in [0.3, 0.4) is 0 Å². The van der Waals surface area contributed by atoms with Crippen LogP contribution in [0.15, 0.2) is 42.5 Å². The van der Waals surface area contributed by atoms with Gasteiger partial charge < -0.3 is 19.5 Å². The molecule has 25 heavy (non-hydrogen) atoms. The Labute approximate surface area is 147 Å². The molecule has 0 fully saturated rings. The fourth-order valence-corrected chi connectivity index (χ4v) is 2.23. The summed E-state index contributed by atoms with van der Waals surface area (Å²) in [6, 6.07) is 12.9. The van der Waals surface area contributed by atoms with E-state index in [4.69, 9.17) is 14.2 Å². The van der Waals surface area contributed by atoms with Crippen LogP contribution < -0.4 is 19.5 Å². The lowest BCUT2D eigenvalue weighted by atomic mass is 10.1. The Bertz CT molecular complexity index is 790. The number of carbonyl (C=O) groups excluding carboxylic acids is 1. The number of benzene rings is 2. The Morgan fingerprint density at radius 2 is 1.76 bits per heavy atom. The van der Waals surface area contributed by atoms with Crippen LogP contribution in [0.2, 0.25) is 0 Å². The fourth-order valence-electron chi connectivity index (χ4n) is 2.23. The Hall–Kier alpha value is -3.13. The van der Waals surface area contributed by atoms with Crippen molar-refractivity contribution in [2.24, 2.45) is 0 Å². The molecule has 1 amide bonds. The van der Waals surface area contributed by atoms with Crippen LogP contribution in [-0.2, 0) is 0 Å². The minimum Gasteiger partial charge on any atom is -0.493 e. The Kier molecular flexibility index (Phi) is 6.73. The van der Waals surface area contributed by atoms with Crippen LogP contribution in [0, 0.1) is 18.8 Å². The maximum atomic E-state index is 12.2. The van der Waals surface area contributed by atoms with E-state index in [2.05, 4.69) is 17.2 Å². The molecule has 0 heterocycles. The van der Waals surface area contributed by atoms with Gasteiger partial charge in [0.1, 0.15) is 12.4 Å². The maximum absolute atomic E-state index is 12.2. The highest BCUT2D eigenvalue weighted by Crippen LogP contribution is 2.30. The smallest absolute Gasteiger partial charge is 0.255 e. The van der Waals surface area contributed by atoms with Gasteiger partial charge in [-0.2, -0.15) is 0 Å². The molecule has 5 heteroatoms. The molecule has 2 aromatic rings. The van der Waals surface area contributed by atoms with Gasteiger partial charge in [0.05, 0.1) is 26.3 Å². The second-order valence-corrected chi connectivity index (χ2v) is 5.13. The van der Waals surface area contributed by atoms with Crippen molar-refractivity contribution in [3.8, 4) is 29.1 Å². The highest BCUT2D eigenvalue weighted by molar-refractivity contribution is 5.97. The average Bonchev–Trinajstić information content (AvgIpc) is 2.64. The fraction of sp³-hybridized carbons (Fsp3) is 0.250. The van der Waals surface area contributed by atoms with Gasteiger partial charge in [-0.25, -0.2) is 0 Å². The molecule has 0 atom stereocenters. The van der Waals surface area contributed by atoms with Crippen LogP contribution in [0.1, 0.15) is 15.9 Å². The van der Waals surface area contributed by atoms with Crippen molar-refractivity contribution in [2.45, 2.75) is 6.92 Å². The summed E-state index contributed by atoms with van der Waals surface area (Å²) in [6.45, 7) is 2.46. The first-order chi connectivity index (χ1) is 12.2. The van der Waals surface area contributed by atoms with E-state index in [0.717, 1.165) is 11.3 Å². The van der Waals surface area contributed by atoms with E-state index in [1.54, 1.807) is 18.2 Å². The first-order valence-corrected chi connectivity index (χ1v) is 7.80. The summed E-state index contributed by atoms with van der Waals surface area (Å²) in [6.07, 6.45) is 0. The summed E-state index contributed by atoms with van der Waals surface area (Å²) in [4.78, 5) is 12.2. The molecule has 0 aliphatic carbocycles. The van der Waals surface area contributed by atoms with Gasteiger partial charge in [0.2, 0.25) is 0 Å². The molecule has 0 spiro atoms. The molecule has 2 rings (SSSR count). The molecule has 0 aliphatic heterocycles. The van der Waals surface area contributed by atoms with Crippen LogP contribution in [0.25, 0.3) is 0 Å². The second kappa shape index (κ2) is 9.24. The molecule has 0 bridgehead atoms. The minimum absolute atomic E-state index is 0.219. The van der Waals surface area contributed by atoms with Crippen molar-refractivity contribution in [3.05, 3.63) is 53.6 Å². The number of hydrogen-bond acceptors (Lipinski definition) is 4. The molecule has 0 radical (unpaired) electrons. The van der Waals surface area contributed by atoms with Crippen LogP contribution in [0.5, 0.6) is 17.2 Å². The van der Waals surface area contributed by atoms with Crippen LogP contribution in [0.4, 0.5) is 0 Å². The number of nitrogens with one attached hydrogen (secondary N) is 1. The minimum atomic E-state index is -0.273. The number of para-hydroxylation sites is 2. The zero-order valence-electron chi connectivity index (χ0n) is 14.6. The topological polar surface area (TPSA) is 56.8 Å². The Morgan fingerprint density at radius 1 is 1.00 bits per heavy atom. The van der Waals surface area contributed by atoms with E-state index in [1.807, 2.05) is 31.2 Å². The third-order valence-electron chi connectivity index (χ3n) is 3.50. The van der Waals surface area contributed by atoms with Crippen molar-refractivity contribution in [1.29, 1.82) is 0 Å². The summed E-state index contributed by atoms with van der Waals surface area (Å²) in [5.74, 6) is 7.18. The van der Waals surface area contributed by atoms with E-state index in [0.29, 0.717) is 17.1 Å². The van der Waals surface area contributed by atoms with E-state index in [-0.39, 0.29) is 19.1 Å². The molecular weight excluding hydrogens is 318 g/mol. The summed E-state index contributed by atoms with van der Waals surface area (Å²) < 4.78 is 16.0. The largest absolute Gasteiger partial charge is 0.493 e. The molecule has 5 nitrogen and oxygen atoms in total. The number of methoxy groups -OCH3 is 2. The summed E-state index contributed by atoms with van der Waals surface area (Å²) in [7, 11) is 3.02. The van der Waals surface area contributed by atoms with Gasteiger partial charge in [-0.1, -0.05) is 36.1 Å². The van der Waals surface area contributed by atoms with Gasteiger partial charge in [0, 0.05) is 0 Å². The van der Waals surface area contributed by atoms with E-state index in [1.165, 1.54) is 14.2 Å². The van der Waals surface area contributed by atoms with E-state index >= 15 is 0 Å². The monoisotopic (exact) mass is 339 g/mol. The van der Waals surface area contributed by atoms with Gasteiger partial charge in [0.25, 0.3) is 5.91 Å². The molecule has 0 unspecified atom stereocenters. The molecule has 0 aromatic heterocycles. The number of ether oxygens (including phenoxy) is 3. The normalized spacial score (nSPS) is 9.56. The first-order valence-electron chi connectivity index (χ1n) is 7.80. The maximum Gasteiger partial charge on any atom is 0.255 e. The number of hydrogen-bond donors (Lipinski definition) is 1. The highest BCUT2D eigenvalue weighted by atomic mass is 16.5. The first kappa shape index (κ1) is 18.2. The van der Waals surface area contributed by atoms with E-state index in [9.17, 15) is 4.79 Å². The molecule has 2 aromatic carbocycles. The average molecular weight is 339 g/mol. The Morgan fingerprint density at radius 3 is 2.48 bits per heavy atom. The lowest BCUT2D eigenvalue weighted by molar-refractivity contribution is 0.0955. The summed E-state index contributed by atoms with van der Waals surface area (Å²) in [5.41, 5.74) is 1.46. The number of aryl methyl sites for hydroxylation is 1. The summed E-state index contributed by atoms with van der Waals surface area (Å²) >= 11 is 0. The van der Waals surface area contributed by atoms with Gasteiger partial charge in [-0.05, 0) is 30.7 Å². The molecular formula is C20H21NO4. The molecule has 0 saturated carbocycles. The van der Waals surface area contributed by atoms with Crippen LogP contribution in [-0.4, -0.2) is 33.3 Å². The third-order valence-corrected chi connectivity index (χ3v) is 3.50. The Balaban J connectivity index is 1.87. The van der Waals surface area contributed by atoms with Gasteiger partial charge in [0.15, 0.2) is 11.5 Å². The quantitative estimate of drug-likeness (QED) is 0.822. The number of amides is 1. The molecule has 0 saturated heterocycles. The zero-order valence-corrected chi connectivity index (χ0v) is 14.6. The number of carbonyl (C=O) groups is 1. The SMILES string of the molecule is COc1cccc(C(=O)NCC#CCOc2ccccc2C)c1OC. The van der Waals surface area contributed by atoms with Crippen LogP contribution >= 0.6 is 0 Å². The van der Waals surface area contributed by atoms with Crippen molar-refractivity contribution < 1.29 is 19.0 Å². The predicted octanol–water partition coefficient (Wildman–Crippen LogP) is 2.82. The van der Waals surface area contributed by atoms with Crippen molar-refractivity contribution in [1.82, 2.24) is 5.32 Å². The summed E-state index contributed by atoms with van der Waals surface area (Å²) in [5, 5.41) is 2.73. The lowest BCUT2D eigenvalue weighted by Crippen LogP contribution is -2.24. The number of rotatable bonds is 6. The van der Waals surface area contributed by atoms with E-state index < -0.39 is 0 Å². The predicted molar refractivity (Wildman–Crippen MR) is 96.3 cm³/mol. The highest BCUT2D eigenvalue weighted by Gasteiger charge is 2.15. The standard InChI is InChI=1S/C20H21NO4/c1-15-9-4-5-11-17(15)25-14-7-6-13-21-20(22)16-10-8-12-18(23-2)19(16)24-3/h4-5,8-12H,13-14H2,1-3H3,(H,21,22). The third kappa shape index (κ3) is 4.92. The van der Waals surface area contributed by atoms with Gasteiger partial charge >= 0.3 is 0 Å². The molecule has 1 N–H and O–H groups in total. The second-order valence-electron chi connectivity index (χ2n) is 5.13.